The second-order valence-corrected chi connectivity index (χ2v) is 9.45. The molecule has 1 unspecified atom stereocenters. The third-order valence-corrected chi connectivity index (χ3v) is 6.96. The minimum absolute atomic E-state index is 0.0234. The number of imidazole rings is 1. The summed E-state index contributed by atoms with van der Waals surface area (Å²) in [7, 11) is -6.28. The number of hydrazone groups is 1. The van der Waals surface area contributed by atoms with E-state index in [2.05, 4.69) is 15.1 Å². The molecule has 3 rings (SSSR count). The van der Waals surface area contributed by atoms with Gasteiger partial charge in [-0.3, -0.25) is 4.21 Å². The van der Waals surface area contributed by atoms with Crippen molar-refractivity contribution in [3.8, 4) is 11.1 Å². The number of nitrogens with zero attached hydrogens (tertiary/aromatic N) is 2. The van der Waals surface area contributed by atoms with E-state index in [0.717, 1.165) is 0 Å². The highest BCUT2D eigenvalue weighted by Gasteiger charge is 2.28. The predicted octanol–water partition coefficient (Wildman–Crippen LogP) is -0.248. The third kappa shape index (κ3) is 5.40. The Bertz CT molecular complexity index is 1370. The van der Waals surface area contributed by atoms with Crippen LogP contribution in [0.2, 0.25) is 0 Å². The number of nitrogens with one attached hydrogen (secondary N) is 2. The molecule has 0 saturated heterocycles. The van der Waals surface area contributed by atoms with Crippen molar-refractivity contribution in [2.24, 2.45) is 27.6 Å². The highest BCUT2D eigenvalue weighted by atomic mass is 32.2. The first-order valence-electron chi connectivity index (χ1n) is 9.90. The maximum absolute atomic E-state index is 12.7. The van der Waals surface area contributed by atoms with Crippen molar-refractivity contribution >= 4 is 43.7 Å². The number of hydrogen-bond acceptors (Lipinski definition) is 9. The van der Waals surface area contributed by atoms with Gasteiger partial charge in [-0.1, -0.05) is 32.0 Å². The van der Waals surface area contributed by atoms with Gasteiger partial charge >= 0.3 is 5.97 Å². The smallest absolute Gasteiger partial charge is 0.371 e. The molecule has 2 aromatic carbocycles. The Kier molecular flexibility index (Phi) is 8.83. The molecular formula is C19H26N8O5S2. The van der Waals surface area contributed by atoms with Crippen molar-refractivity contribution in [2.45, 2.75) is 23.6 Å². The number of aromatic amines is 1. The van der Waals surface area contributed by atoms with Crippen LogP contribution in [0, 0.1) is 0 Å². The number of aromatic carboxylic acids is 1. The predicted molar refractivity (Wildman–Crippen MR) is 130 cm³/mol. The molecule has 0 radical (unpaired) electrons. The Hall–Kier alpha value is -3.37. The van der Waals surface area contributed by atoms with Crippen LogP contribution in [0.1, 0.15) is 30.0 Å². The van der Waals surface area contributed by atoms with Gasteiger partial charge in [0.2, 0.25) is 15.8 Å². The average Bonchev–Trinajstić information content (AvgIpc) is 3.24. The van der Waals surface area contributed by atoms with Crippen LogP contribution in [0.3, 0.4) is 0 Å². The lowest BCUT2D eigenvalue weighted by Gasteiger charge is -2.17. The summed E-state index contributed by atoms with van der Waals surface area (Å²) in [6.07, 6.45) is 0. The molecule has 1 aromatic heterocycles. The van der Waals surface area contributed by atoms with Gasteiger partial charge < -0.3 is 21.6 Å². The number of benzene rings is 2. The van der Waals surface area contributed by atoms with Crippen molar-refractivity contribution in [1.82, 2.24) is 15.5 Å². The summed E-state index contributed by atoms with van der Waals surface area (Å²) >= 11 is 0. The van der Waals surface area contributed by atoms with Gasteiger partial charge in [0, 0.05) is 23.4 Å². The normalized spacial score (nSPS) is 12.7. The van der Waals surface area contributed by atoms with Crippen LogP contribution in [0.15, 0.2) is 45.2 Å². The molecule has 13 nitrogen and oxygen atoms in total. The number of carbonyl (C=O) groups is 1. The number of H-pyrrole nitrogens is 1. The number of aromatic nitrogens is 2. The van der Waals surface area contributed by atoms with Gasteiger partial charge in [0.25, 0.3) is 0 Å². The molecule has 0 aliphatic rings. The van der Waals surface area contributed by atoms with Crippen LogP contribution < -0.4 is 28.0 Å². The van der Waals surface area contributed by atoms with Gasteiger partial charge in [-0.15, -0.1) is 5.10 Å². The Morgan fingerprint density at radius 3 is 2.47 bits per heavy atom. The number of nitrogens with two attached hydrogens (primary N) is 4. The number of carboxylic acids is 1. The fraction of sp³-hybridized carbons (Fsp3) is 0.211. The van der Waals surface area contributed by atoms with Crippen LogP contribution in [0.25, 0.3) is 22.2 Å². The third-order valence-electron chi connectivity index (χ3n) is 4.40. The topological polar surface area (TPSA) is 246 Å². The molecule has 0 amide bonds. The maximum atomic E-state index is 12.7. The standard InChI is InChI=1S/C17H20N8O5S2.C2H6/c18-6-7-31(28)11-5-4-8(12(15(19)24-25-20)14(11)32(21,29)30)9-2-1-3-10-13(9)23-16(22-10)17(26)27;1-2/h1-5,25H,6-7,18,20H2,(H2,19,24)(H,22,23)(H,26,27)(H2,21,29,30);1-2H3. The van der Waals surface area contributed by atoms with Gasteiger partial charge in [0.15, 0.2) is 5.84 Å². The molecule has 0 saturated carbocycles. The summed E-state index contributed by atoms with van der Waals surface area (Å²) < 4.78 is 37.9. The first kappa shape index (κ1) is 26.9. The summed E-state index contributed by atoms with van der Waals surface area (Å²) in [6.45, 7) is 4.03. The van der Waals surface area contributed by atoms with Gasteiger partial charge in [-0.25, -0.2) is 34.7 Å². The van der Waals surface area contributed by atoms with Crippen LogP contribution in [-0.4, -0.2) is 51.8 Å². The highest BCUT2D eigenvalue weighted by Crippen LogP contribution is 2.35. The SMILES string of the molecule is CC.NCCS(=O)c1ccc(-c2cccc3[nH]c(C(=O)O)nc23)c(/C(N)=N/NN)c1S(N)(=O)=O. The summed E-state index contributed by atoms with van der Waals surface area (Å²) in [4.78, 5) is 17.5. The van der Waals surface area contributed by atoms with Crippen molar-refractivity contribution in [1.29, 1.82) is 0 Å². The Morgan fingerprint density at radius 1 is 1.24 bits per heavy atom. The van der Waals surface area contributed by atoms with Crippen molar-refractivity contribution in [2.75, 3.05) is 12.3 Å². The summed E-state index contributed by atoms with van der Waals surface area (Å²) in [5, 5.41) is 18.4. The molecule has 1 atom stereocenters. The van der Waals surface area contributed by atoms with E-state index in [1.165, 1.54) is 12.1 Å². The number of fused-ring (bicyclic) bond motifs is 1. The van der Waals surface area contributed by atoms with E-state index in [1.54, 1.807) is 18.2 Å². The Morgan fingerprint density at radius 2 is 1.91 bits per heavy atom. The first-order chi connectivity index (χ1) is 16.1. The van der Waals surface area contributed by atoms with Crippen molar-refractivity contribution in [3.63, 3.8) is 0 Å². The molecular weight excluding hydrogens is 484 g/mol. The minimum Gasteiger partial charge on any atom is -0.475 e. The minimum atomic E-state index is -4.47. The number of carboxylic acid groups (broad SMARTS) is 1. The van der Waals surface area contributed by atoms with E-state index < -0.39 is 31.7 Å². The Balaban J connectivity index is 0.00000199. The van der Waals surface area contributed by atoms with Crippen LogP contribution >= 0.6 is 0 Å². The molecule has 184 valence electrons. The lowest BCUT2D eigenvalue weighted by atomic mass is 9.97. The maximum Gasteiger partial charge on any atom is 0.371 e. The summed E-state index contributed by atoms with van der Waals surface area (Å²) in [5.41, 5.74) is 14.5. The lowest BCUT2D eigenvalue weighted by molar-refractivity contribution is 0.0685. The van der Waals surface area contributed by atoms with Gasteiger partial charge in [0.05, 0.1) is 26.7 Å². The van der Waals surface area contributed by atoms with Crippen LogP contribution in [0.4, 0.5) is 0 Å². The van der Waals surface area contributed by atoms with E-state index in [-0.39, 0.29) is 45.5 Å². The molecule has 0 bridgehead atoms. The number of hydrogen-bond donors (Lipinski definition) is 7. The van der Waals surface area contributed by atoms with Crippen LogP contribution in [0.5, 0.6) is 0 Å². The molecule has 0 spiro atoms. The zero-order valence-corrected chi connectivity index (χ0v) is 20.0. The fourth-order valence-electron chi connectivity index (χ4n) is 3.20. The van der Waals surface area contributed by atoms with E-state index in [0.29, 0.717) is 11.1 Å². The van der Waals surface area contributed by atoms with E-state index >= 15 is 0 Å². The molecule has 3 aromatic rings. The number of hydrazine groups is 1. The van der Waals surface area contributed by atoms with Crippen molar-refractivity contribution in [3.05, 3.63) is 41.7 Å². The second-order valence-electron chi connectivity index (χ2n) is 6.42. The zero-order chi connectivity index (χ0) is 25.6. The molecule has 34 heavy (non-hydrogen) atoms. The Labute approximate surface area is 198 Å². The lowest BCUT2D eigenvalue weighted by Crippen LogP contribution is -2.28. The molecule has 1 heterocycles. The van der Waals surface area contributed by atoms with Crippen molar-refractivity contribution < 1.29 is 22.5 Å². The van der Waals surface area contributed by atoms with E-state index in [9.17, 15) is 22.5 Å². The number of primary sulfonamides is 1. The monoisotopic (exact) mass is 510 g/mol. The largest absolute Gasteiger partial charge is 0.475 e. The number of sulfonamides is 1. The fourth-order valence-corrected chi connectivity index (χ4v) is 5.63. The van der Waals surface area contributed by atoms with Gasteiger partial charge in [-0.05, 0) is 17.7 Å². The first-order valence-corrected chi connectivity index (χ1v) is 12.8. The second kappa shape index (κ2) is 11.2. The molecule has 11 N–H and O–H groups in total. The highest BCUT2D eigenvalue weighted by molar-refractivity contribution is 7.91. The number of para-hydroxylation sites is 1. The molecule has 15 heteroatoms. The van der Waals surface area contributed by atoms with Gasteiger partial charge in [0.1, 0.15) is 4.90 Å². The molecule has 0 aliphatic carbocycles. The quantitative estimate of drug-likeness (QED) is 0.0905. The van der Waals surface area contributed by atoms with Gasteiger partial charge in [-0.2, -0.15) is 0 Å². The summed E-state index contributed by atoms with van der Waals surface area (Å²) in [6, 6.07) is 7.59. The number of amidine groups is 1. The zero-order valence-electron chi connectivity index (χ0n) is 18.4. The average molecular weight is 511 g/mol. The molecule has 0 aliphatic heterocycles. The van der Waals surface area contributed by atoms with E-state index in [4.69, 9.17) is 22.4 Å². The summed E-state index contributed by atoms with van der Waals surface area (Å²) in [5.74, 6) is 3.26. The molecule has 0 fully saturated rings. The van der Waals surface area contributed by atoms with E-state index in [1.807, 2.05) is 19.4 Å². The number of rotatable bonds is 8. The van der Waals surface area contributed by atoms with Crippen LogP contribution in [-0.2, 0) is 20.8 Å².